The summed E-state index contributed by atoms with van der Waals surface area (Å²) < 4.78 is 5.21. The molecule has 1 saturated heterocycles. The Hall–Kier alpha value is -3.42. The lowest BCUT2D eigenvalue weighted by atomic mass is 9.95. The molecule has 31 heavy (non-hydrogen) atoms. The van der Waals surface area contributed by atoms with Crippen LogP contribution in [-0.2, 0) is 16.1 Å². The lowest BCUT2D eigenvalue weighted by Gasteiger charge is -2.31. The van der Waals surface area contributed by atoms with E-state index in [2.05, 4.69) is 5.32 Å². The monoisotopic (exact) mass is 423 g/mol. The van der Waals surface area contributed by atoms with Gasteiger partial charge in [-0.25, -0.2) is 0 Å². The van der Waals surface area contributed by atoms with Crippen LogP contribution in [0.1, 0.15) is 51.3 Å². The number of carbonyl (C=O) groups is 4. The van der Waals surface area contributed by atoms with Crippen molar-refractivity contribution in [3.63, 3.8) is 0 Å². The SMILES string of the molecule is Cc1ccc2c(c1)C(=O)N(CCC(=O)N1CCC(C(=O)NCc3ccco3)CC1)C2=O. The van der Waals surface area contributed by atoms with Gasteiger partial charge in [0, 0.05) is 32.0 Å². The van der Waals surface area contributed by atoms with Crippen molar-refractivity contribution in [2.75, 3.05) is 19.6 Å². The summed E-state index contributed by atoms with van der Waals surface area (Å²) in [5.74, 6) is -0.280. The average Bonchev–Trinajstić information content (AvgIpc) is 3.38. The maximum Gasteiger partial charge on any atom is 0.261 e. The van der Waals surface area contributed by atoms with Crippen molar-refractivity contribution >= 4 is 23.6 Å². The average molecular weight is 423 g/mol. The first kappa shape index (κ1) is 20.8. The Kier molecular flexibility index (Phi) is 5.88. The molecule has 8 nitrogen and oxygen atoms in total. The van der Waals surface area contributed by atoms with Gasteiger partial charge in [0.25, 0.3) is 11.8 Å². The van der Waals surface area contributed by atoms with E-state index in [-0.39, 0.29) is 42.5 Å². The van der Waals surface area contributed by atoms with E-state index in [1.54, 1.807) is 41.5 Å². The van der Waals surface area contributed by atoms with Crippen molar-refractivity contribution in [2.45, 2.75) is 32.7 Å². The van der Waals surface area contributed by atoms with Gasteiger partial charge >= 0.3 is 0 Å². The summed E-state index contributed by atoms with van der Waals surface area (Å²) in [5.41, 5.74) is 1.71. The molecule has 3 heterocycles. The van der Waals surface area contributed by atoms with Crippen LogP contribution in [0.4, 0.5) is 0 Å². The van der Waals surface area contributed by atoms with E-state index < -0.39 is 0 Å². The number of fused-ring (bicyclic) bond motifs is 1. The zero-order valence-electron chi connectivity index (χ0n) is 17.4. The standard InChI is InChI=1S/C23H25N3O5/c1-15-4-5-18-19(13-15)23(30)26(22(18)29)11-8-20(27)25-9-6-16(7-10-25)21(28)24-14-17-3-2-12-31-17/h2-5,12-13,16H,6-11,14H2,1H3,(H,24,28). The lowest BCUT2D eigenvalue weighted by Crippen LogP contribution is -2.44. The van der Waals surface area contributed by atoms with Crippen molar-refractivity contribution in [2.24, 2.45) is 5.92 Å². The van der Waals surface area contributed by atoms with E-state index in [4.69, 9.17) is 4.42 Å². The van der Waals surface area contributed by atoms with Gasteiger partial charge in [0.05, 0.1) is 23.9 Å². The molecule has 2 aliphatic heterocycles. The van der Waals surface area contributed by atoms with Crippen LogP contribution in [0.3, 0.4) is 0 Å². The Labute approximate surface area is 180 Å². The summed E-state index contributed by atoms with van der Waals surface area (Å²) in [5, 5.41) is 2.87. The fourth-order valence-electron chi connectivity index (χ4n) is 4.10. The highest BCUT2D eigenvalue weighted by atomic mass is 16.3. The van der Waals surface area contributed by atoms with Crippen molar-refractivity contribution in [3.8, 4) is 0 Å². The van der Waals surface area contributed by atoms with Gasteiger partial charge in [-0.1, -0.05) is 11.6 Å². The predicted octanol–water partition coefficient (Wildman–Crippen LogP) is 2.13. The Morgan fingerprint density at radius 2 is 1.84 bits per heavy atom. The molecule has 0 aliphatic carbocycles. The number of furan rings is 1. The van der Waals surface area contributed by atoms with Crippen LogP contribution < -0.4 is 5.32 Å². The second-order valence-corrected chi connectivity index (χ2v) is 8.01. The van der Waals surface area contributed by atoms with Crippen molar-refractivity contribution in [1.82, 2.24) is 15.1 Å². The minimum absolute atomic E-state index is 0.0372. The van der Waals surface area contributed by atoms with E-state index in [1.807, 2.05) is 6.92 Å². The molecule has 2 aliphatic rings. The van der Waals surface area contributed by atoms with Crippen LogP contribution in [0, 0.1) is 12.8 Å². The Bertz CT molecular complexity index is 1010. The number of hydrogen-bond donors (Lipinski definition) is 1. The molecule has 0 radical (unpaired) electrons. The quantitative estimate of drug-likeness (QED) is 0.718. The number of imide groups is 1. The van der Waals surface area contributed by atoms with Crippen LogP contribution in [-0.4, -0.2) is 53.1 Å². The first-order chi connectivity index (χ1) is 14.9. The first-order valence-corrected chi connectivity index (χ1v) is 10.5. The number of aryl methyl sites for hydroxylation is 1. The predicted molar refractivity (Wildman–Crippen MR) is 111 cm³/mol. The topological polar surface area (TPSA) is 99.9 Å². The van der Waals surface area contributed by atoms with Crippen molar-refractivity contribution in [1.29, 1.82) is 0 Å². The van der Waals surface area contributed by atoms with E-state index >= 15 is 0 Å². The van der Waals surface area contributed by atoms with E-state index in [9.17, 15) is 19.2 Å². The molecule has 8 heteroatoms. The number of carbonyl (C=O) groups excluding carboxylic acids is 4. The molecule has 1 N–H and O–H groups in total. The molecule has 0 spiro atoms. The Morgan fingerprint density at radius 1 is 1.10 bits per heavy atom. The van der Waals surface area contributed by atoms with E-state index in [0.29, 0.717) is 49.4 Å². The van der Waals surface area contributed by atoms with Gasteiger partial charge in [0.15, 0.2) is 0 Å². The Balaban J connectivity index is 1.24. The van der Waals surface area contributed by atoms with Crippen LogP contribution >= 0.6 is 0 Å². The van der Waals surface area contributed by atoms with Gasteiger partial charge in [-0.3, -0.25) is 24.1 Å². The van der Waals surface area contributed by atoms with Crippen LogP contribution in [0.2, 0.25) is 0 Å². The summed E-state index contributed by atoms with van der Waals surface area (Å²) in [4.78, 5) is 52.9. The van der Waals surface area contributed by atoms with Gasteiger partial charge in [-0.15, -0.1) is 0 Å². The maximum atomic E-state index is 12.6. The summed E-state index contributed by atoms with van der Waals surface area (Å²) in [6, 6.07) is 8.74. The van der Waals surface area contributed by atoms with E-state index in [1.165, 1.54) is 0 Å². The highest BCUT2D eigenvalue weighted by molar-refractivity contribution is 6.21. The number of amides is 4. The maximum absolute atomic E-state index is 12.6. The van der Waals surface area contributed by atoms with Gasteiger partial charge in [-0.2, -0.15) is 0 Å². The highest BCUT2D eigenvalue weighted by Crippen LogP contribution is 2.24. The summed E-state index contributed by atoms with van der Waals surface area (Å²) in [6.45, 7) is 3.25. The second-order valence-electron chi connectivity index (χ2n) is 8.01. The molecule has 1 aromatic heterocycles. The minimum atomic E-state index is -0.347. The smallest absolute Gasteiger partial charge is 0.261 e. The molecule has 4 amide bonds. The number of nitrogens with one attached hydrogen (secondary N) is 1. The van der Waals surface area contributed by atoms with Gasteiger partial charge in [0.2, 0.25) is 11.8 Å². The summed E-state index contributed by atoms with van der Waals surface area (Å²) in [6.07, 6.45) is 2.82. The number of benzene rings is 1. The van der Waals surface area contributed by atoms with Gasteiger partial charge in [-0.05, 0) is 44.0 Å². The minimum Gasteiger partial charge on any atom is -0.467 e. The molecule has 1 aromatic carbocycles. The summed E-state index contributed by atoms with van der Waals surface area (Å²) in [7, 11) is 0. The highest BCUT2D eigenvalue weighted by Gasteiger charge is 2.36. The zero-order valence-corrected chi connectivity index (χ0v) is 17.4. The molecule has 0 atom stereocenters. The van der Waals surface area contributed by atoms with E-state index in [0.717, 1.165) is 10.5 Å². The third-order valence-corrected chi connectivity index (χ3v) is 5.91. The Morgan fingerprint density at radius 3 is 2.55 bits per heavy atom. The number of likely N-dealkylation sites (tertiary alicyclic amines) is 1. The first-order valence-electron chi connectivity index (χ1n) is 10.5. The molecular weight excluding hydrogens is 398 g/mol. The molecule has 0 unspecified atom stereocenters. The van der Waals surface area contributed by atoms with Crippen molar-refractivity contribution in [3.05, 3.63) is 59.0 Å². The molecular formula is C23H25N3O5. The third kappa shape index (κ3) is 4.38. The molecule has 162 valence electrons. The fraction of sp³-hybridized carbons (Fsp3) is 0.391. The third-order valence-electron chi connectivity index (χ3n) is 5.91. The fourth-order valence-corrected chi connectivity index (χ4v) is 4.10. The zero-order chi connectivity index (χ0) is 22.0. The number of piperidine rings is 1. The number of hydrogen-bond acceptors (Lipinski definition) is 5. The van der Waals surface area contributed by atoms with Crippen LogP contribution in [0.15, 0.2) is 41.0 Å². The second kappa shape index (κ2) is 8.75. The largest absolute Gasteiger partial charge is 0.467 e. The number of nitrogens with zero attached hydrogens (tertiary/aromatic N) is 2. The molecule has 2 aromatic rings. The molecule has 4 rings (SSSR count). The molecule has 1 fully saturated rings. The van der Waals surface area contributed by atoms with Crippen LogP contribution in [0.5, 0.6) is 0 Å². The van der Waals surface area contributed by atoms with Gasteiger partial charge < -0.3 is 14.6 Å². The molecule has 0 saturated carbocycles. The molecule has 0 bridgehead atoms. The van der Waals surface area contributed by atoms with Crippen LogP contribution in [0.25, 0.3) is 0 Å². The normalized spacial score (nSPS) is 16.5. The number of rotatable bonds is 6. The van der Waals surface area contributed by atoms with Gasteiger partial charge in [0.1, 0.15) is 5.76 Å². The lowest BCUT2D eigenvalue weighted by molar-refractivity contribution is -0.135. The van der Waals surface area contributed by atoms with Crippen molar-refractivity contribution < 1.29 is 23.6 Å². The summed E-state index contributed by atoms with van der Waals surface area (Å²) >= 11 is 0.